The van der Waals surface area contributed by atoms with Crippen molar-refractivity contribution in [2.45, 2.75) is 35.3 Å². The molecule has 1 saturated carbocycles. The maximum atomic E-state index is 12.8. The van der Waals surface area contributed by atoms with Gasteiger partial charge in [0.1, 0.15) is 0 Å². The molecule has 0 aliphatic heterocycles. The molecule has 1 aliphatic carbocycles. The molecule has 2 aromatic carbocycles. The Hall–Kier alpha value is -1.74. The lowest BCUT2D eigenvalue weighted by molar-refractivity contribution is -0.121. The van der Waals surface area contributed by atoms with E-state index in [1.165, 1.54) is 0 Å². The van der Waals surface area contributed by atoms with E-state index in [9.17, 15) is 9.00 Å². The van der Waals surface area contributed by atoms with Crippen LogP contribution in [0.3, 0.4) is 0 Å². The third-order valence-corrected chi connectivity index (χ3v) is 6.09. The van der Waals surface area contributed by atoms with Crippen molar-refractivity contribution in [1.29, 1.82) is 0 Å². The van der Waals surface area contributed by atoms with Gasteiger partial charge in [0.25, 0.3) is 0 Å². The molecule has 2 aromatic rings. The zero-order chi connectivity index (χ0) is 14.9. The van der Waals surface area contributed by atoms with E-state index in [1.807, 2.05) is 67.6 Å². The summed E-state index contributed by atoms with van der Waals surface area (Å²) in [6, 6.07) is 19.1. The first-order valence-electron chi connectivity index (χ1n) is 7.18. The van der Waals surface area contributed by atoms with E-state index < -0.39 is 21.5 Å². The molecule has 3 unspecified atom stereocenters. The van der Waals surface area contributed by atoms with Crippen LogP contribution in [0.25, 0.3) is 0 Å². The fraction of sp³-hybridized carbons (Fsp3) is 0.278. The number of Topliss-reactive ketones (excluding diaryl/α,β-unsaturated/α-hetero) is 1. The highest BCUT2D eigenvalue weighted by Crippen LogP contribution is 2.40. The standard InChI is InChI=1S/C18H18O2S/c1-18(14-8-4-2-5-9-14)13-12-16(17(18)19)21(20)15-10-6-3-7-11-15/h2-11,16H,12-13H2,1H3. The van der Waals surface area contributed by atoms with Crippen molar-refractivity contribution in [2.75, 3.05) is 0 Å². The third kappa shape index (κ3) is 2.46. The van der Waals surface area contributed by atoms with E-state index in [1.54, 1.807) is 0 Å². The van der Waals surface area contributed by atoms with Gasteiger partial charge in [-0.1, -0.05) is 48.5 Å². The molecule has 0 heterocycles. The predicted molar refractivity (Wildman–Crippen MR) is 84.7 cm³/mol. The molecule has 1 aliphatic rings. The smallest absolute Gasteiger partial charge is 0.158 e. The van der Waals surface area contributed by atoms with Crippen LogP contribution in [0.15, 0.2) is 65.6 Å². The molecule has 0 amide bonds. The highest BCUT2D eigenvalue weighted by molar-refractivity contribution is 7.86. The molecule has 108 valence electrons. The highest BCUT2D eigenvalue weighted by Gasteiger charge is 2.47. The Bertz CT molecular complexity index is 666. The molecule has 3 rings (SSSR count). The van der Waals surface area contributed by atoms with Crippen molar-refractivity contribution in [1.82, 2.24) is 0 Å². The molecule has 1 fully saturated rings. The van der Waals surface area contributed by atoms with Gasteiger partial charge in [-0.05, 0) is 37.5 Å². The van der Waals surface area contributed by atoms with Gasteiger partial charge < -0.3 is 0 Å². The van der Waals surface area contributed by atoms with Gasteiger partial charge in [0.15, 0.2) is 5.78 Å². The predicted octanol–water partition coefficient (Wildman–Crippen LogP) is 3.48. The van der Waals surface area contributed by atoms with Crippen LogP contribution >= 0.6 is 0 Å². The van der Waals surface area contributed by atoms with E-state index in [4.69, 9.17) is 0 Å². The van der Waals surface area contributed by atoms with Gasteiger partial charge in [-0.25, -0.2) is 0 Å². The average Bonchev–Trinajstić information content (AvgIpc) is 2.85. The lowest BCUT2D eigenvalue weighted by atomic mass is 9.80. The van der Waals surface area contributed by atoms with Gasteiger partial charge in [0.2, 0.25) is 0 Å². The quantitative estimate of drug-likeness (QED) is 0.869. The first-order chi connectivity index (χ1) is 10.1. The van der Waals surface area contributed by atoms with Crippen molar-refractivity contribution in [2.24, 2.45) is 0 Å². The molecular weight excluding hydrogens is 280 g/mol. The molecule has 21 heavy (non-hydrogen) atoms. The molecule has 0 bridgehead atoms. The van der Waals surface area contributed by atoms with Gasteiger partial charge in [-0.15, -0.1) is 0 Å². The normalized spacial score (nSPS) is 26.7. The van der Waals surface area contributed by atoms with E-state index in [-0.39, 0.29) is 5.78 Å². The molecule has 0 aromatic heterocycles. The zero-order valence-corrected chi connectivity index (χ0v) is 12.8. The number of rotatable bonds is 3. The minimum absolute atomic E-state index is 0.107. The molecule has 0 saturated heterocycles. The summed E-state index contributed by atoms with van der Waals surface area (Å²) < 4.78 is 12.7. The number of carbonyl (C=O) groups excluding carboxylic acids is 1. The highest BCUT2D eigenvalue weighted by atomic mass is 32.2. The Labute approximate surface area is 127 Å². The van der Waals surface area contributed by atoms with E-state index in [2.05, 4.69) is 0 Å². The number of benzene rings is 2. The van der Waals surface area contributed by atoms with E-state index in [0.717, 1.165) is 16.9 Å². The lowest BCUT2D eigenvalue weighted by Gasteiger charge is -2.23. The Morgan fingerprint density at radius 2 is 1.57 bits per heavy atom. The topological polar surface area (TPSA) is 34.1 Å². The Balaban J connectivity index is 1.89. The van der Waals surface area contributed by atoms with Gasteiger partial charge in [0.05, 0.1) is 21.5 Å². The van der Waals surface area contributed by atoms with Crippen LogP contribution in [0.1, 0.15) is 25.3 Å². The zero-order valence-electron chi connectivity index (χ0n) is 12.0. The molecule has 3 atom stereocenters. The monoisotopic (exact) mass is 298 g/mol. The number of ketones is 1. The van der Waals surface area contributed by atoms with Gasteiger partial charge in [0, 0.05) is 4.90 Å². The van der Waals surface area contributed by atoms with Crippen LogP contribution in [0, 0.1) is 0 Å². The first-order valence-corrected chi connectivity index (χ1v) is 8.40. The van der Waals surface area contributed by atoms with Crippen molar-refractivity contribution in [3.63, 3.8) is 0 Å². The summed E-state index contributed by atoms with van der Waals surface area (Å²) in [5.41, 5.74) is 0.527. The first kappa shape index (κ1) is 14.2. The van der Waals surface area contributed by atoms with Crippen molar-refractivity contribution in [3.05, 3.63) is 66.2 Å². The second-order valence-corrected chi connectivity index (χ2v) is 7.34. The summed E-state index contributed by atoms with van der Waals surface area (Å²) >= 11 is 0. The van der Waals surface area contributed by atoms with Crippen LogP contribution in [0.5, 0.6) is 0 Å². The van der Waals surface area contributed by atoms with Crippen molar-refractivity contribution < 1.29 is 9.00 Å². The average molecular weight is 298 g/mol. The van der Waals surface area contributed by atoms with Crippen LogP contribution in [0.2, 0.25) is 0 Å². The van der Waals surface area contributed by atoms with Gasteiger partial charge in [-0.2, -0.15) is 0 Å². The van der Waals surface area contributed by atoms with Crippen molar-refractivity contribution in [3.8, 4) is 0 Å². The summed E-state index contributed by atoms with van der Waals surface area (Å²) in [5, 5.41) is -0.391. The summed E-state index contributed by atoms with van der Waals surface area (Å²) in [6.45, 7) is 1.98. The summed E-state index contributed by atoms with van der Waals surface area (Å²) in [6.07, 6.45) is 1.45. The van der Waals surface area contributed by atoms with Crippen LogP contribution in [-0.4, -0.2) is 15.2 Å². The molecule has 0 N–H and O–H groups in total. The van der Waals surface area contributed by atoms with Crippen LogP contribution in [-0.2, 0) is 21.0 Å². The van der Waals surface area contributed by atoms with Gasteiger partial charge >= 0.3 is 0 Å². The van der Waals surface area contributed by atoms with Crippen molar-refractivity contribution >= 4 is 16.6 Å². The summed E-state index contributed by atoms with van der Waals surface area (Å²) in [4.78, 5) is 13.6. The fourth-order valence-electron chi connectivity index (χ4n) is 3.05. The molecular formula is C18H18O2S. The molecule has 3 heteroatoms. The SMILES string of the molecule is CC1(c2ccccc2)CCC(S(=O)c2ccccc2)C1=O. The van der Waals surface area contributed by atoms with Gasteiger partial charge in [-0.3, -0.25) is 9.00 Å². The summed E-state index contributed by atoms with van der Waals surface area (Å²) in [5.74, 6) is 0.107. The van der Waals surface area contributed by atoms with Crippen LogP contribution < -0.4 is 0 Å². The number of hydrogen-bond acceptors (Lipinski definition) is 2. The fourth-order valence-corrected chi connectivity index (χ4v) is 4.59. The van der Waals surface area contributed by atoms with E-state index >= 15 is 0 Å². The largest absolute Gasteiger partial charge is 0.297 e. The summed E-state index contributed by atoms with van der Waals surface area (Å²) in [7, 11) is -1.26. The third-order valence-electron chi connectivity index (χ3n) is 4.39. The molecule has 0 spiro atoms. The second kappa shape index (κ2) is 5.57. The van der Waals surface area contributed by atoms with Crippen LogP contribution in [0.4, 0.5) is 0 Å². The number of carbonyl (C=O) groups is 1. The Kier molecular flexibility index (Phi) is 3.77. The lowest BCUT2D eigenvalue weighted by Crippen LogP contribution is -2.34. The van der Waals surface area contributed by atoms with E-state index in [0.29, 0.717) is 6.42 Å². The second-order valence-electron chi connectivity index (χ2n) is 5.70. The minimum atomic E-state index is -1.26. The minimum Gasteiger partial charge on any atom is -0.297 e. The molecule has 2 nitrogen and oxygen atoms in total. The number of hydrogen-bond donors (Lipinski definition) is 0. The Morgan fingerprint density at radius 1 is 1.00 bits per heavy atom. The Morgan fingerprint density at radius 3 is 2.19 bits per heavy atom. The maximum Gasteiger partial charge on any atom is 0.158 e. The maximum absolute atomic E-state index is 12.8. The molecule has 0 radical (unpaired) electrons.